The van der Waals surface area contributed by atoms with E-state index in [9.17, 15) is 4.79 Å². The highest BCUT2D eigenvalue weighted by Crippen LogP contribution is 2.29. The smallest absolute Gasteiger partial charge is 0.236 e. The number of likely N-dealkylation sites (N-methyl/N-ethyl adjacent to an activating group) is 1. The number of carbonyl (C=O) groups is 1. The summed E-state index contributed by atoms with van der Waals surface area (Å²) in [5.41, 5.74) is 0. The molecule has 3 nitrogen and oxygen atoms in total. The second kappa shape index (κ2) is 7.78. The Balaban J connectivity index is 2.06. The number of nitrogens with zero attached hydrogens (tertiary/aromatic N) is 1. The molecule has 0 aliphatic heterocycles. The van der Waals surface area contributed by atoms with E-state index in [1.54, 1.807) is 4.90 Å². The molecule has 3 heteroatoms. The Morgan fingerprint density at radius 3 is 2.44 bits per heavy atom. The van der Waals surface area contributed by atoms with Crippen LogP contribution in [0.25, 0.3) is 0 Å². The van der Waals surface area contributed by atoms with Gasteiger partial charge in [0.25, 0.3) is 0 Å². The SMILES string of the molecule is CC1CCC(CCNCC(=O)N(C)C(C)C)CC1. The standard InChI is InChI=1S/C15H30N2O/c1-12(2)17(4)15(18)11-16-10-9-14-7-5-13(3)6-8-14/h12-14,16H,5-11H2,1-4H3. The molecule has 1 rings (SSSR count). The summed E-state index contributed by atoms with van der Waals surface area (Å²) in [6.45, 7) is 7.91. The maximum atomic E-state index is 11.7. The highest BCUT2D eigenvalue weighted by atomic mass is 16.2. The van der Waals surface area contributed by atoms with Gasteiger partial charge < -0.3 is 10.2 Å². The Labute approximate surface area is 112 Å². The van der Waals surface area contributed by atoms with Gasteiger partial charge >= 0.3 is 0 Å². The fraction of sp³-hybridized carbons (Fsp3) is 0.933. The Hall–Kier alpha value is -0.570. The van der Waals surface area contributed by atoms with Gasteiger partial charge in [-0.05, 0) is 38.6 Å². The molecule has 0 saturated heterocycles. The van der Waals surface area contributed by atoms with Crippen molar-refractivity contribution in [2.75, 3.05) is 20.1 Å². The van der Waals surface area contributed by atoms with Crippen molar-refractivity contribution in [1.29, 1.82) is 0 Å². The fourth-order valence-electron chi connectivity index (χ4n) is 2.53. The molecule has 1 aliphatic rings. The average molecular weight is 254 g/mol. The van der Waals surface area contributed by atoms with E-state index in [2.05, 4.69) is 12.2 Å². The van der Waals surface area contributed by atoms with Gasteiger partial charge in [0.15, 0.2) is 0 Å². The van der Waals surface area contributed by atoms with Crippen molar-refractivity contribution in [2.24, 2.45) is 11.8 Å². The number of rotatable bonds is 6. The highest BCUT2D eigenvalue weighted by Gasteiger charge is 2.18. The van der Waals surface area contributed by atoms with Gasteiger partial charge in [-0.15, -0.1) is 0 Å². The van der Waals surface area contributed by atoms with Gasteiger partial charge in [0, 0.05) is 13.1 Å². The van der Waals surface area contributed by atoms with Crippen LogP contribution in [0, 0.1) is 11.8 Å². The molecule has 1 saturated carbocycles. The lowest BCUT2D eigenvalue weighted by molar-refractivity contribution is -0.130. The van der Waals surface area contributed by atoms with Crippen LogP contribution in [0.3, 0.4) is 0 Å². The second-order valence-electron chi connectivity index (χ2n) is 6.19. The van der Waals surface area contributed by atoms with E-state index in [0.717, 1.165) is 18.4 Å². The Morgan fingerprint density at radius 2 is 1.89 bits per heavy atom. The summed E-state index contributed by atoms with van der Waals surface area (Å²) >= 11 is 0. The summed E-state index contributed by atoms with van der Waals surface area (Å²) in [6, 6.07) is 0.291. The van der Waals surface area contributed by atoms with Crippen LogP contribution in [0.2, 0.25) is 0 Å². The molecule has 0 aromatic heterocycles. The average Bonchev–Trinajstić information content (AvgIpc) is 2.35. The number of nitrogens with one attached hydrogen (secondary N) is 1. The predicted molar refractivity (Wildman–Crippen MR) is 76.5 cm³/mol. The minimum Gasteiger partial charge on any atom is -0.342 e. The molecule has 0 spiro atoms. The first-order valence-corrected chi connectivity index (χ1v) is 7.47. The van der Waals surface area contributed by atoms with Crippen molar-refractivity contribution < 1.29 is 4.79 Å². The van der Waals surface area contributed by atoms with Crippen molar-refractivity contribution in [1.82, 2.24) is 10.2 Å². The lowest BCUT2D eigenvalue weighted by Gasteiger charge is -2.26. The van der Waals surface area contributed by atoms with Gasteiger partial charge in [0.05, 0.1) is 6.54 Å². The third kappa shape index (κ3) is 5.38. The molecular weight excluding hydrogens is 224 g/mol. The summed E-state index contributed by atoms with van der Waals surface area (Å²) in [5, 5.41) is 3.29. The van der Waals surface area contributed by atoms with Crippen LogP contribution in [0.5, 0.6) is 0 Å². The zero-order valence-electron chi connectivity index (χ0n) is 12.5. The topological polar surface area (TPSA) is 32.3 Å². The monoisotopic (exact) mass is 254 g/mol. The Bertz CT molecular complexity index is 245. The first-order valence-electron chi connectivity index (χ1n) is 7.47. The number of hydrogen-bond donors (Lipinski definition) is 1. The maximum absolute atomic E-state index is 11.7. The van der Waals surface area contributed by atoms with Gasteiger partial charge in [-0.25, -0.2) is 0 Å². The minimum absolute atomic E-state index is 0.197. The third-order valence-electron chi connectivity index (χ3n) is 4.31. The highest BCUT2D eigenvalue weighted by molar-refractivity contribution is 5.78. The van der Waals surface area contributed by atoms with Gasteiger partial charge in [-0.1, -0.05) is 32.6 Å². The Kier molecular flexibility index (Phi) is 6.69. The molecule has 0 bridgehead atoms. The summed E-state index contributed by atoms with van der Waals surface area (Å²) < 4.78 is 0. The molecule has 0 heterocycles. The largest absolute Gasteiger partial charge is 0.342 e. The van der Waals surface area contributed by atoms with Gasteiger partial charge in [-0.2, -0.15) is 0 Å². The first-order chi connectivity index (χ1) is 8.50. The maximum Gasteiger partial charge on any atom is 0.236 e. The van der Waals surface area contributed by atoms with E-state index in [1.165, 1.54) is 32.1 Å². The second-order valence-corrected chi connectivity index (χ2v) is 6.19. The fourth-order valence-corrected chi connectivity index (χ4v) is 2.53. The molecule has 0 aromatic carbocycles. The molecule has 1 aliphatic carbocycles. The molecule has 18 heavy (non-hydrogen) atoms. The third-order valence-corrected chi connectivity index (χ3v) is 4.31. The van der Waals surface area contributed by atoms with Crippen LogP contribution < -0.4 is 5.32 Å². The number of carbonyl (C=O) groups excluding carboxylic acids is 1. The number of hydrogen-bond acceptors (Lipinski definition) is 2. The van der Waals surface area contributed by atoms with Gasteiger partial charge in [-0.3, -0.25) is 4.79 Å². The van der Waals surface area contributed by atoms with E-state index in [-0.39, 0.29) is 5.91 Å². The normalized spacial score (nSPS) is 24.3. The van der Waals surface area contributed by atoms with Crippen molar-refractivity contribution in [3.63, 3.8) is 0 Å². The zero-order chi connectivity index (χ0) is 13.5. The van der Waals surface area contributed by atoms with Crippen LogP contribution in [-0.2, 0) is 4.79 Å². The molecule has 0 aromatic rings. The van der Waals surface area contributed by atoms with E-state index in [1.807, 2.05) is 20.9 Å². The molecule has 0 radical (unpaired) electrons. The quantitative estimate of drug-likeness (QED) is 0.739. The molecule has 0 unspecified atom stereocenters. The molecule has 1 fully saturated rings. The van der Waals surface area contributed by atoms with Crippen molar-refractivity contribution in [3.8, 4) is 0 Å². The van der Waals surface area contributed by atoms with Gasteiger partial charge in [0.2, 0.25) is 5.91 Å². The van der Waals surface area contributed by atoms with Crippen LogP contribution >= 0.6 is 0 Å². The van der Waals surface area contributed by atoms with E-state index >= 15 is 0 Å². The van der Waals surface area contributed by atoms with E-state index < -0.39 is 0 Å². The van der Waals surface area contributed by atoms with Crippen LogP contribution in [-0.4, -0.2) is 37.0 Å². The van der Waals surface area contributed by atoms with Gasteiger partial charge in [0.1, 0.15) is 0 Å². The van der Waals surface area contributed by atoms with Crippen LogP contribution in [0.4, 0.5) is 0 Å². The van der Waals surface area contributed by atoms with Crippen LogP contribution in [0.1, 0.15) is 52.9 Å². The lowest BCUT2D eigenvalue weighted by atomic mass is 9.81. The summed E-state index contributed by atoms with van der Waals surface area (Å²) in [7, 11) is 1.87. The molecule has 1 amide bonds. The Morgan fingerprint density at radius 1 is 1.28 bits per heavy atom. The van der Waals surface area contributed by atoms with E-state index in [4.69, 9.17) is 0 Å². The zero-order valence-corrected chi connectivity index (χ0v) is 12.5. The van der Waals surface area contributed by atoms with Crippen molar-refractivity contribution in [2.45, 2.75) is 58.9 Å². The first kappa shape index (κ1) is 15.5. The summed E-state index contributed by atoms with van der Waals surface area (Å²) in [5.74, 6) is 2.00. The molecule has 106 valence electrons. The molecule has 0 atom stereocenters. The van der Waals surface area contributed by atoms with Crippen LogP contribution in [0.15, 0.2) is 0 Å². The van der Waals surface area contributed by atoms with Crippen molar-refractivity contribution >= 4 is 5.91 Å². The van der Waals surface area contributed by atoms with E-state index in [0.29, 0.717) is 12.6 Å². The van der Waals surface area contributed by atoms with Crippen molar-refractivity contribution in [3.05, 3.63) is 0 Å². The molecular formula is C15H30N2O. The number of amides is 1. The lowest BCUT2D eigenvalue weighted by Crippen LogP contribution is -2.39. The predicted octanol–water partition coefficient (Wildman–Crippen LogP) is 2.66. The molecule has 1 N–H and O–H groups in total. The summed E-state index contributed by atoms with van der Waals surface area (Å²) in [4.78, 5) is 13.5. The minimum atomic E-state index is 0.197. The summed E-state index contributed by atoms with van der Waals surface area (Å²) in [6.07, 6.45) is 6.76.